The third-order valence-electron chi connectivity index (χ3n) is 5.80. The number of aromatic nitrogens is 3. The van der Waals surface area contributed by atoms with Gasteiger partial charge in [-0.25, -0.2) is 4.68 Å². The number of nitro benzene ring substituents is 1. The van der Waals surface area contributed by atoms with Crippen molar-refractivity contribution in [3.05, 3.63) is 117 Å². The van der Waals surface area contributed by atoms with Crippen LogP contribution in [0.5, 0.6) is 0 Å². The first kappa shape index (κ1) is 20.8. The highest BCUT2D eigenvalue weighted by atomic mass is 35.5. The molecule has 2 heterocycles. The van der Waals surface area contributed by atoms with Crippen molar-refractivity contribution >= 4 is 29.1 Å². The third-order valence-corrected chi connectivity index (χ3v) is 6.12. The second-order valence-corrected chi connectivity index (χ2v) is 8.10. The molecule has 0 saturated carbocycles. The van der Waals surface area contributed by atoms with Crippen molar-refractivity contribution in [2.45, 2.75) is 18.5 Å². The summed E-state index contributed by atoms with van der Waals surface area (Å²) in [5.41, 5.74) is 1.82. The minimum atomic E-state index is -0.599. The predicted octanol–water partition coefficient (Wildman–Crippen LogP) is 5.22. The molecule has 1 amide bonds. The second kappa shape index (κ2) is 8.48. The highest BCUT2D eigenvalue weighted by Gasteiger charge is 2.40. The molecular formula is C24H18ClN5O3. The molecule has 0 bridgehead atoms. The summed E-state index contributed by atoms with van der Waals surface area (Å²) in [6.45, 7) is 0. The standard InChI is InChI=1S/C24H18ClN5O3/c25-19-12-11-18(13-22(19)30(32)33)23(31)28-20(16-7-3-1-4-8-16)14-21(17-9-5-2-6-10-17)29-24(28)26-15-27-29/h1-13,15,20-21H,14H2/t20-,21+/m1/s1. The molecule has 1 aliphatic rings. The summed E-state index contributed by atoms with van der Waals surface area (Å²) in [7, 11) is 0. The molecule has 3 aromatic carbocycles. The topological polar surface area (TPSA) is 94.2 Å². The molecule has 33 heavy (non-hydrogen) atoms. The van der Waals surface area contributed by atoms with Gasteiger partial charge in [0.25, 0.3) is 11.6 Å². The second-order valence-electron chi connectivity index (χ2n) is 7.69. The van der Waals surface area contributed by atoms with E-state index in [1.807, 2.05) is 60.7 Å². The van der Waals surface area contributed by atoms with Crippen LogP contribution in [0.1, 0.15) is 40.0 Å². The van der Waals surface area contributed by atoms with E-state index in [0.29, 0.717) is 12.4 Å². The van der Waals surface area contributed by atoms with E-state index in [0.717, 1.165) is 11.1 Å². The first-order chi connectivity index (χ1) is 16.0. The Morgan fingerprint density at radius 1 is 0.970 bits per heavy atom. The average molecular weight is 460 g/mol. The maximum absolute atomic E-state index is 13.8. The maximum atomic E-state index is 13.8. The summed E-state index contributed by atoms with van der Waals surface area (Å²) in [6, 6.07) is 23.2. The molecule has 0 unspecified atom stereocenters. The van der Waals surface area contributed by atoms with Crippen LogP contribution in [0.25, 0.3) is 0 Å². The van der Waals surface area contributed by atoms with E-state index in [1.165, 1.54) is 24.5 Å². The molecule has 0 fully saturated rings. The summed E-state index contributed by atoms with van der Waals surface area (Å²) in [5, 5.41) is 15.8. The van der Waals surface area contributed by atoms with Crippen LogP contribution in [0, 0.1) is 10.1 Å². The van der Waals surface area contributed by atoms with Crippen LogP contribution in [-0.4, -0.2) is 25.6 Å². The van der Waals surface area contributed by atoms with Crippen molar-refractivity contribution < 1.29 is 9.72 Å². The van der Waals surface area contributed by atoms with Crippen LogP contribution in [0.15, 0.2) is 85.2 Å². The van der Waals surface area contributed by atoms with Gasteiger partial charge in [0, 0.05) is 11.6 Å². The van der Waals surface area contributed by atoms with E-state index in [1.54, 1.807) is 9.58 Å². The minimum absolute atomic E-state index is 0.0258. The molecule has 0 N–H and O–H groups in total. The molecule has 9 heteroatoms. The smallest absolute Gasteiger partial charge is 0.269 e. The quantitative estimate of drug-likeness (QED) is 0.308. The number of anilines is 1. The Kier molecular flexibility index (Phi) is 5.35. The van der Waals surface area contributed by atoms with Gasteiger partial charge in [0.15, 0.2) is 0 Å². The number of hydrogen-bond donors (Lipinski definition) is 0. The van der Waals surface area contributed by atoms with Gasteiger partial charge in [-0.2, -0.15) is 10.1 Å². The van der Waals surface area contributed by atoms with Crippen molar-refractivity contribution in [3.63, 3.8) is 0 Å². The molecule has 1 aliphatic heterocycles. The molecule has 164 valence electrons. The largest absolute Gasteiger partial charge is 0.288 e. The van der Waals surface area contributed by atoms with E-state index in [9.17, 15) is 14.9 Å². The van der Waals surface area contributed by atoms with Gasteiger partial charge in [0.2, 0.25) is 5.95 Å². The van der Waals surface area contributed by atoms with Crippen molar-refractivity contribution in [2.75, 3.05) is 4.90 Å². The van der Waals surface area contributed by atoms with Crippen molar-refractivity contribution in [2.24, 2.45) is 0 Å². The normalized spacial score (nSPS) is 17.4. The number of hydrogen-bond acceptors (Lipinski definition) is 5. The van der Waals surface area contributed by atoms with Crippen LogP contribution in [0.2, 0.25) is 5.02 Å². The molecule has 4 aromatic rings. The van der Waals surface area contributed by atoms with Gasteiger partial charge in [0.05, 0.1) is 17.0 Å². The van der Waals surface area contributed by atoms with Crippen molar-refractivity contribution in [3.8, 4) is 0 Å². The average Bonchev–Trinajstić information content (AvgIpc) is 3.33. The number of halogens is 1. The molecule has 0 radical (unpaired) electrons. The van der Waals surface area contributed by atoms with Crippen LogP contribution < -0.4 is 4.90 Å². The van der Waals surface area contributed by atoms with Gasteiger partial charge < -0.3 is 0 Å². The maximum Gasteiger partial charge on any atom is 0.288 e. The van der Waals surface area contributed by atoms with Gasteiger partial charge in [0.1, 0.15) is 11.3 Å². The van der Waals surface area contributed by atoms with Crippen LogP contribution in [0.3, 0.4) is 0 Å². The fraction of sp³-hybridized carbons (Fsp3) is 0.125. The Hall–Kier alpha value is -4.04. The molecular weight excluding hydrogens is 442 g/mol. The summed E-state index contributed by atoms with van der Waals surface area (Å²) in [5.74, 6) is -0.0315. The lowest BCUT2D eigenvalue weighted by Gasteiger charge is -2.39. The number of amides is 1. The van der Waals surface area contributed by atoms with Gasteiger partial charge in [-0.15, -0.1) is 0 Å². The number of rotatable bonds is 4. The lowest BCUT2D eigenvalue weighted by molar-refractivity contribution is -0.384. The lowest BCUT2D eigenvalue weighted by Crippen LogP contribution is -2.42. The molecule has 2 atom stereocenters. The fourth-order valence-electron chi connectivity index (χ4n) is 4.26. The number of benzene rings is 3. The SMILES string of the molecule is O=C(c1ccc(Cl)c([N+](=O)[O-])c1)N1c2ncnn2[C@H](c2ccccc2)C[C@@H]1c1ccccc1. The Bertz CT molecular complexity index is 1330. The summed E-state index contributed by atoms with van der Waals surface area (Å²) < 4.78 is 1.73. The molecule has 0 aliphatic carbocycles. The highest BCUT2D eigenvalue weighted by molar-refractivity contribution is 6.32. The Balaban J connectivity index is 1.65. The zero-order valence-electron chi connectivity index (χ0n) is 17.3. The number of nitro groups is 1. The van der Waals surface area contributed by atoms with Crippen LogP contribution in [0.4, 0.5) is 11.6 Å². The van der Waals surface area contributed by atoms with E-state index in [-0.39, 0.29) is 28.4 Å². The monoisotopic (exact) mass is 459 g/mol. The molecule has 0 saturated heterocycles. The summed E-state index contributed by atoms with van der Waals surface area (Å²) in [6.07, 6.45) is 1.98. The van der Waals surface area contributed by atoms with Crippen molar-refractivity contribution in [1.82, 2.24) is 14.8 Å². The third kappa shape index (κ3) is 3.74. The van der Waals surface area contributed by atoms with Crippen LogP contribution in [-0.2, 0) is 0 Å². The Labute approximate surface area is 194 Å². The summed E-state index contributed by atoms with van der Waals surface area (Å²) >= 11 is 5.96. The summed E-state index contributed by atoms with van der Waals surface area (Å²) in [4.78, 5) is 30.5. The Morgan fingerprint density at radius 3 is 2.24 bits per heavy atom. The van der Waals surface area contributed by atoms with E-state index in [2.05, 4.69) is 10.1 Å². The molecule has 5 rings (SSSR count). The number of nitrogens with zero attached hydrogens (tertiary/aromatic N) is 5. The zero-order chi connectivity index (χ0) is 22.9. The number of fused-ring (bicyclic) bond motifs is 1. The molecule has 0 spiro atoms. The van der Waals surface area contributed by atoms with E-state index >= 15 is 0 Å². The van der Waals surface area contributed by atoms with Crippen molar-refractivity contribution in [1.29, 1.82) is 0 Å². The van der Waals surface area contributed by atoms with Gasteiger partial charge >= 0.3 is 0 Å². The lowest BCUT2D eigenvalue weighted by atomic mass is 9.91. The van der Waals surface area contributed by atoms with Gasteiger partial charge in [-0.3, -0.25) is 19.8 Å². The number of carbonyl (C=O) groups is 1. The Morgan fingerprint density at radius 2 is 1.61 bits per heavy atom. The van der Waals surface area contributed by atoms with Gasteiger partial charge in [-0.1, -0.05) is 72.3 Å². The van der Waals surface area contributed by atoms with Gasteiger partial charge in [-0.05, 0) is 29.7 Å². The molecule has 8 nitrogen and oxygen atoms in total. The minimum Gasteiger partial charge on any atom is -0.269 e. The fourth-order valence-corrected chi connectivity index (χ4v) is 4.45. The molecule has 1 aromatic heterocycles. The first-order valence-corrected chi connectivity index (χ1v) is 10.7. The van der Waals surface area contributed by atoms with E-state index in [4.69, 9.17) is 11.6 Å². The predicted molar refractivity (Wildman–Crippen MR) is 123 cm³/mol. The zero-order valence-corrected chi connectivity index (χ0v) is 18.0. The number of carbonyl (C=O) groups excluding carboxylic acids is 1. The first-order valence-electron chi connectivity index (χ1n) is 10.3. The van der Waals surface area contributed by atoms with E-state index < -0.39 is 10.8 Å². The highest BCUT2D eigenvalue weighted by Crippen LogP contribution is 2.42. The van der Waals surface area contributed by atoms with Crippen LogP contribution >= 0.6 is 11.6 Å².